The summed E-state index contributed by atoms with van der Waals surface area (Å²) >= 11 is 0. The van der Waals surface area contributed by atoms with Gasteiger partial charge in [0.2, 0.25) is 0 Å². The molecule has 1 fully saturated rings. The Labute approximate surface area is 92.5 Å². The van der Waals surface area contributed by atoms with Gasteiger partial charge in [0.1, 0.15) is 6.61 Å². The summed E-state index contributed by atoms with van der Waals surface area (Å²) in [6.45, 7) is 4.19. The van der Waals surface area contributed by atoms with E-state index in [1.807, 2.05) is 0 Å². The lowest BCUT2D eigenvalue weighted by atomic mass is 9.75. The van der Waals surface area contributed by atoms with Gasteiger partial charge in [-0.25, -0.2) is 0 Å². The predicted octanol–water partition coefficient (Wildman–Crippen LogP) is 3.70. The normalized spacial score (nSPS) is 34.3. The first-order chi connectivity index (χ1) is 7.40. The summed E-state index contributed by atoms with van der Waals surface area (Å²) in [5.41, 5.74) is 0. The summed E-state index contributed by atoms with van der Waals surface area (Å²) in [7, 11) is 0. The second kappa shape index (κ2) is 5.20. The van der Waals surface area contributed by atoms with Gasteiger partial charge in [-0.3, -0.25) is 0 Å². The lowest BCUT2D eigenvalue weighted by molar-refractivity contribution is 0.257. The van der Waals surface area contributed by atoms with Gasteiger partial charge in [-0.05, 0) is 43.4 Å². The van der Waals surface area contributed by atoms with Crippen LogP contribution >= 0.6 is 0 Å². The summed E-state index contributed by atoms with van der Waals surface area (Å²) in [5, 5.41) is 0. The van der Waals surface area contributed by atoms with Crippen molar-refractivity contribution in [3.8, 4) is 0 Å². The molecule has 82 valence electrons. The highest BCUT2D eigenvalue weighted by atomic mass is 16.5. The number of rotatable bonds is 4. The fourth-order valence-corrected chi connectivity index (χ4v) is 2.81. The SMILES string of the molecule is C=COC/C=C/C1CCC2CC=CC2C1. The van der Waals surface area contributed by atoms with Crippen LogP contribution in [0.15, 0.2) is 37.1 Å². The molecule has 0 aromatic rings. The molecule has 0 aromatic heterocycles. The van der Waals surface area contributed by atoms with Gasteiger partial charge in [-0.2, -0.15) is 0 Å². The number of hydrogen-bond acceptors (Lipinski definition) is 1. The maximum atomic E-state index is 5.07. The van der Waals surface area contributed by atoms with E-state index < -0.39 is 0 Å². The zero-order valence-electron chi connectivity index (χ0n) is 9.27. The van der Waals surface area contributed by atoms with Gasteiger partial charge in [-0.15, -0.1) is 0 Å². The van der Waals surface area contributed by atoms with Crippen molar-refractivity contribution in [3.05, 3.63) is 37.1 Å². The quantitative estimate of drug-likeness (QED) is 0.385. The molecule has 2 aliphatic carbocycles. The predicted molar refractivity (Wildman–Crippen MR) is 63.4 cm³/mol. The molecule has 1 heteroatoms. The second-order valence-corrected chi connectivity index (χ2v) is 4.59. The largest absolute Gasteiger partial charge is 0.498 e. The van der Waals surface area contributed by atoms with E-state index in [0.29, 0.717) is 6.61 Å². The molecule has 0 heterocycles. The van der Waals surface area contributed by atoms with Crippen LogP contribution < -0.4 is 0 Å². The summed E-state index contributed by atoms with van der Waals surface area (Å²) in [4.78, 5) is 0. The van der Waals surface area contributed by atoms with Crippen molar-refractivity contribution in [1.29, 1.82) is 0 Å². The van der Waals surface area contributed by atoms with Crippen LogP contribution in [0, 0.1) is 17.8 Å². The summed E-state index contributed by atoms with van der Waals surface area (Å²) in [5.74, 6) is 2.58. The third-order valence-electron chi connectivity index (χ3n) is 3.63. The number of allylic oxidation sites excluding steroid dienone is 3. The molecular formula is C14H20O. The van der Waals surface area contributed by atoms with E-state index in [2.05, 4.69) is 30.9 Å². The maximum Gasteiger partial charge on any atom is 0.105 e. The van der Waals surface area contributed by atoms with Crippen LogP contribution in [0.25, 0.3) is 0 Å². The molecule has 0 saturated heterocycles. The molecule has 0 aliphatic heterocycles. The van der Waals surface area contributed by atoms with Gasteiger partial charge in [-0.1, -0.05) is 30.9 Å². The molecule has 0 radical (unpaired) electrons. The molecule has 1 nitrogen and oxygen atoms in total. The van der Waals surface area contributed by atoms with Gasteiger partial charge < -0.3 is 4.74 Å². The van der Waals surface area contributed by atoms with Crippen molar-refractivity contribution in [3.63, 3.8) is 0 Å². The van der Waals surface area contributed by atoms with Gasteiger partial charge in [0.15, 0.2) is 0 Å². The van der Waals surface area contributed by atoms with Crippen LogP contribution in [0.5, 0.6) is 0 Å². The number of ether oxygens (including phenoxy) is 1. The van der Waals surface area contributed by atoms with E-state index in [9.17, 15) is 0 Å². The lowest BCUT2D eigenvalue weighted by Crippen LogP contribution is -2.19. The highest BCUT2D eigenvalue weighted by molar-refractivity contribution is 5.06. The smallest absolute Gasteiger partial charge is 0.105 e. The Morgan fingerprint density at radius 3 is 3.20 bits per heavy atom. The van der Waals surface area contributed by atoms with Gasteiger partial charge in [0.25, 0.3) is 0 Å². The fraction of sp³-hybridized carbons (Fsp3) is 0.571. The van der Waals surface area contributed by atoms with Gasteiger partial charge >= 0.3 is 0 Å². The van der Waals surface area contributed by atoms with Crippen LogP contribution in [-0.2, 0) is 4.74 Å². The van der Waals surface area contributed by atoms with Crippen LogP contribution in [0.2, 0.25) is 0 Å². The van der Waals surface area contributed by atoms with E-state index >= 15 is 0 Å². The second-order valence-electron chi connectivity index (χ2n) is 4.59. The fourth-order valence-electron chi connectivity index (χ4n) is 2.81. The average Bonchev–Trinajstić information content (AvgIpc) is 2.71. The molecule has 0 bridgehead atoms. The molecule has 3 unspecified atom stereocenters. The molecule has 0 amide bonds. The molecule has 0 aromatic carbocycles. The Balaban J connectivity index is 1.77. The first kappa shape index (κ1) is 10.5. The van der Waals surface area contributed by atoms with Crippen molar-refractivity contribution in [2.75, 3.05) is 6.61 Å². The summed E-state index contributed by atoms with van der Waals surface area (Å²) in [6.07, 6.45) is 16.2. The zero-order valence-corrected chi connectivity index (χ0v) is 9.27. The van der Waals surface area contributed by atoms with Crippen molar-refractivity contribution in [2.24, 2.45) is 17.8 Å². The van der Waals surface area contributed by atoms with Crippen LogP contribution in [-0.4, -0.2) is 6.61 Å². The van der Waals surface area contributed by atoms with Gasteiger partial charge in [0, 0.05) is 0 Å². The molecule has 3 atom stereocenters. The van der Waals surface area contributed by atoms with E-state index in [1.54, 1.807) is 0 Å². The molecule has 15 heavy (non-hydrogen) atoms. The lowest BCUT2D eigenvalue weighted by Gasteiger charge is -2.29. The van der Waals surface area contributed by atoms with E-state index in [0.717, 1.165) is 17.8 Å². The van der Waals surface area contributed by atoms with Crippen LogP contribution in [0.4, 0.5) is 0 Å². The Kier molecular flexibility index (Phi) is 3.65. The Morgan fingerprint density at radius 1 is 1.40 bits per heavy atom. The minimum atomic E-state index is 0.671. The molecular weight excluding hydrogens is 184 g/mol. The molecule has 2 aliphatic rings. The Hall–Kier alpha value is -0.980. The van der Waals surface area contributed by atoms with E-state index in [-0.39, 0.29) is 0 Å². The molecule has 2 rings (SSSR count). The van der Waals surface area contributed by atoms with E-state index in [4.69, 9.17) is 4.74 Å². The first-order valence-electron chi connectivity index (χ1n) is 5.96. The minimum absolute atomic E-state index is 0.671. The Morgan fingerprint density at radius 2 is 2.33 bits per heavy atom. The average molecular weight is 204 g/mol. The van der Waals surface area contributed by atoms with Gasteiger partial charge in [0.05, 0.1) is 6.26 Å². The maximum absolute atomic E-state index is 5.07. The Bertz CT molecular complexity index is 265. The highest BCUT2D eigenvalue weighted by Crippen LogP contribution is 2.40. The minimum Gasteiger partial charge on any atom is -0.498 e. The summed E-state index contributed by atoms with van der Waals surface area (Å²) < 4.78 is 5.07. The first-order valence-corrected chi connectivity index (χ1v) is 5.96. The molecule has 0 N–H and O–H groups in total. The molecule has 1 saturated carbocycles. The third kappa shape index (κ3) is 2.74. The van der Waals surface area contributed by atoms with Crippen LogP contribution in [0.3, 0.4) is 0 Å². The summed E-state index contributed by atoms with van der Waals surface area (Å²) in [6, 6.07) is 0. The zero-order chi connectivity index (χ0) is 10.5. The number of hydrogen-bond donors (Lipinski definition) is 0. The van der Waals surface area contributed by atoms with E-state index in [1.165, 1.54) is 31.9 Å². The standard InChI is InChI=1S/C14H20O/c1-2-15-10-4-5-12-8-9-13-6-3-7-14(13)11-12/h2-5,7,12-14H,1,6,8-11H2/b5-4+. The van der Waals surface area contributed by atoms with Crippen molar-refractivity contribution < 1.29 is 4.74 Å². The third-order valence-corrected chi connectivity index (χ3v) is 3.63. The van der Waals surface area contributed by atoms with Crippen molar-refractivity contribution in [1.82, 2.24) is 0 Å². The topological polar surface area (TPSA) is 9.23 Å². The van der Waals surface area contributed by atoms with Crippen molar-refractivity contribution >= 4 is 0 Å². The molecule has 0 spiro atoms. The number of fused-ring (bicyclic) bond motifs is 1. The van der Waals surface area contributed by atoms with Crippen molar-refractivity contribution in [2.45, 2.75) is 25.7 Å². The monoisotopic (exact) mass is 204 g/mol. The van der Waals surface area contributed by atoms with Crippen LogP contribution in [0.1, 0.15) is 25.7 Å². The highest BCUT2D eigenvalue weighted by Gasteiger charge is 2.29.